The lowest BCUT2D eigenvalue weighted by Crippen LogP contribution is -2.42. The fourth-order valence-corrected chi connectivity index (χ4v) is 3.57. The molecule has 1 saturated heterocycles. The van der Waals surface area contributed by atoms with Crippen LogP contribution in [0.1, 0.15) is 29.8 Å². The number of aryl methyl sites for hydroxylation is 1. The molecule has 0 saturated carbocycles. The van der Waals surface area contributed by atoms with Crippen LogP contribution in [0.25, 0.3) is 5.65 Å². The molecule has 0 bridgehead atoms. The van der Waals surface area contributed by atoms with E-state index in [0.29, 0.717) is 0 Å². The van der Waals surface area contributed by atoms with Gasteiger partial charge in [-0.05, 0) is 38.0 Å². The predicted octanol–water partition coefficient (Wildman–Crippen LogP) is 2.52. The van der Waals surface area contributed by atoms with Crippen molar-refractivity contribution in [2.45, 2.75) is 31.9 Å². The molecule has 0 unspecified atom stereocenters. The third kappa shape index (κ3) is 2.70. The second-order valence-electron chi connectivity index (χ2n) is 6.62. The molecule has 1 aliphatic rings. The van der Waals surface area contributed by atoms with Crippen molar-refractivity contribution >= 4 is 5.65 Å². The molecule has 124 valence electrons. The molecule has 3 aromatic heterocycles. The van der Waals surface area contributed by atoms with Crippen LogP contribution in [0.2, 0.25) is 0 Å². The van der Waals surface area contributed by atoms with E-state index >= 15 is 0 Å². The van der Waals surface area contributed by atoms with E-state index in [1.807, 2.05) is 30.3 Å². The van der Waals surface area contributed by atoms with E-state index in [9.17, 15) is 5.11 Å². The summed E-state index contributed by atoms with van der Waals surface area (Å²) in [5, 5.41) is 10.9. The molecule has 0 radical (unpaired) electrons. The molecule has 0 aromatic carbocycles. The number of aromatic nitrogens is 3. The fraction of sp³-hybridized carbons (Fsp3) is 0.368. The van der Waals surface area contributed by atoms with Gasteiger partial charge in [-0.25, -0.2) is 4.98 Å². The summed E-state index contributed by atoms with van der Waals surface area (Å²) >= 11 is 0. The molecule has 0 spiro atoms. The van der Waals surface area contributed by atoms with Crippen molar-refractivity contribution in [3.8, 4) is 0 Å². The first-order chi connectivity index (χ1) is 11.7. The fourth-order valence-electron chi connectivity index (χ4n) is 3.57. The minimum Gasteiger partial charge on any atom is -0.385 e. The number of aliphatic hydroxyl groups is 1. The van der Waals surface area contributed by atoms with Gasteiger partial charge in [0.05, 0.1) is 17.0 Å². The van der Waals surface area contributed by atoms with Gasteiger partial charge in [-0.15, -0.1) is 0 Å². The SMILES string of the molecule is Cc1nc2ccccn2c1CN1CCC(O)(c2cccnc2)CC1. The molecule has 1 fully saturated rings. The lowest BCUT2D eigenvalue weighted by Gasteiger charge is -2.38. The molecular formula is C19H22N4O. The van der Waals surface area contributed by atoms with Crippen LogP contribution < -0.4 is 0 Å². The number of pyridine rings is 2. The van der Waals surface area contributed by atoms with Crippen LogP contribution in [0.5, 0.6) is 0 Å². The monoisotopic (exact) mass is 322 g/mol. The largest absolute Gasteiger partial charge is 0.385 e. The Hall–Kier alpha value is -2.24. The van der Waals surface area contributed by atoms with E-state index < -0.39 is 5.60 Å². The minimum atomic E-state index is -0.751. The second-order valence-corrected chi connectivity index (χ2v) is 6.62. The zero-order chi connectivity index (χ0) is 16.6. The second kappa shape index (κ2) is 6.00. The Kier molecular flexibility index (Phi) is 3.82. The normalized spacial score (nSPS) is 18.1. The Bertz CT molecular complexity index is 835. The molecule has 0 aliphatic carbocycles. The Balaban J connectivity index is 1.49. The summed E-state index contributed by atoms with van der Waals surface area (Å²) in [5.41, 5.74) is 3.48. The third-order valence-electron chi connectivity index (χ3n) is 5.08. The summed E-state index contributed by atoms with van der Waals surface area (Å²) in [6.45, 7) is 4.66. The van der Waals surface area contributed by atoms with Crippen LogP contribution in [0.4, 0.5) is 0 Å². The highest BCUT2D eigenvalue weighted by molar-refractivity contribution is 5.42. The Morgan fingerprint density at radius 1 is 1.17 bits per heavy atom. The van der Waals surface area contributed by atoms with Gasteiger partial charge in [0.25, 0.3) is 0 Å². The molecule has 24 heavy (non-hydrogen) atoms. The van der Waals surface area contributed by atoms with Crippen LogP contribution in [-0.4, -0.2) is 37.5 Å². The highest BCUT2D eigenvalue weighted by Gasteiger charge is 2.34. The van der Waals surface area contributed by atoms with Crippen molar-refractivity contribution in [3.05, 3.63) is 65.9 Å². The molecule has 3 aromatic rings. The number of fused-ring (bicyclic) bond motifs is 1. The molecule has 4 rings (SSSR count). The molecule has 0 amide bonds. The van der Waals surface area contributed by atoms with Gasteiger partial charge in [-0.2, -0.15) is 0 Å². The summed E-state index contributed by atoms with van der Waals surface area (Å²) in [5.74, 6) is 0. The highest BCUT2D eigenvalue weighted by Crippen LogP contribution is 2.32. The summed E-state index contributed by atoms with van der Waals surface area (Å²) in [4.78, 5) is 11.2. The van der Waals surface area contributed by atoms with Crippen molar-refractivity contribution in [3.63, 3.8) is 0 Å². The first kappa shape index (κ1) is 15.3. The van der Waals surface area contributed by atoms with Gasteiger partial charge in [-0.1, -0.05) is 12.1 Å². The van der Waals surface area contributed by atoms with E-state index in [1.54, 1.807) is 12.4 Å². The van der Waals surface area contributed by atoms with E-state index in [2.05, 4.69) is 32.4 Å². The molecule has 4 heterocycles. The number of hydrogen-bond donors (Lipinski definition) is 1. The topological polar surface area (TPSA) is 53.7 Å². The quantitative estimate of drug-likeness (QED) is 0.805. The van der Waals surface area contributed by atoms with Crippen LogP contribution >= 0.6 is 0 Å². The molecular weight excluding hydrogens is 300 g/mol. The van der Waals surface area contributed by atoms with Crippen molar-refractivity contribution in [1.82, 2.24) is 19.3 Å². The zero-order valence-corrected chi connectivity index (χ0v) is 13.9. The number of likely N-dealkylation sites (tertiary alicyclic amines) is 1. The van der Waals surface area contributed by atoms with Crippen LogP contribution in [0, 0.1) is 6.92 Å². The van der Waals surface area contributed by atoms with Crippen LogP contribution in [0.3, 0.4) is 0 Å². The number of nitrogens with zero attached hydrogens (tertiary/aromatic N) is 4. The molecule has 1 aliphatic heterocycles. The maximum absolute atomic E-state index is 10.9. The van der Waals surface area contributed by atoms with E-state index in [0.717, 1.165) is 49.4 Å². The van der Waals surface area contributed by atoms with Crippen LogP contribution in [0.15, 0.2) is 48.9 Å². The van der Waals surface area contributed by atoms with Crippen molar-refractivity contribution < 1.29 is 5.11 Å². The summed E-state index contributed by atoms with van der Waals surface area (Å²) in [6, 6.07) is 9.95. The average molecular weight is 322 g/mol. The standard InChI is InChI=1S/C19H22N4O/c1-15-17(23-10-3-2-6-18(23)21-15)14-22-11-7-19(24,8-12-22)16-5-4-9-20-13-16/h2-6,9-10,13,24H,7-8,11-12,14H2,1H3. The lowest BCUT2D eigenvalue weighted by molar-refractivity contribution is -0.0282. The van der Waals surface area contributed by atoms with Gasteiger partial charge in [0.1, 0.15) is 5.65 Å². The Morgan fingerprint density at radius 2 is 2.00 bits per heavy atom. The van der Waals surface area contributed by atoms with Crippen molar-refractivity contribution in [2.75, 3.05) is 13.1 Å². The molecule has 1 N–H and O–H groups in total. The van der Waals surface area contributed by atoms with Gasteiger partial charge in [-0.3, -0.25) is 9.88 Å². The molecule has 5 heteroatoms. The van der Waals surface area contributed by atoms with Crippen molar-refractivity contribution in [1.29, 1.82) is 0 Å². The smallest absolute Gasteiger partial charge is 0.137 e. The highest BCUT2D eigenvalue weighted by atomic mass is 16.3. The third-order valence-corrected chi connectivity index (χ3v) is 5.08. The van der Waals surface area contributed by atoms with Gasteiger partial charge in [0, 0.05) is 43.8 Å². The average Bonchev–Trinajstić information content (AvgIpc) is 2.93. The number of imidazole rings is 1. The number of piperidine rings is 1. The van der Waals surface area contributed by atoms with Gasteiger partial charge in [0.15, 0.2) is 0 Å². The predicted molar refractivity (Wildman–Crippen MR) is 92.6 cm³/mol. The molecule has 5 nitrogen and oxygen atoms in total. The van der Waals surface area contributed by atoms with Crippen LogP contribution in [-0.2, 0) is 12.1 Å². The first-order valence-electron chi connectivity index (χ1n) is 8.43. The Morgan fingerprint density at radius 3 is 2.75 bits per heavy atom. The molecule has 0 atom stereocenters. The van der Waals surface area contributed by atoms with E-state index in [-0.39, 0.29) is 0 Å². The minimum absolute atomic E-state index is 0.731. The number of hydrogen-bond acceptors (Lipinski definition) is 4. The first-order valence-corrected chi connectivity index (χ1v) is 8.43. The van der Waals surface area contributed by atoms with Gasteiger partial charge >= 0.3 is 0 Å². The van der Waals surface area contributed by atoms with Gasteiger partial charge in [0.2, 0.25) is 0 Å². The lowest BCUT2D eigenvalue weighted by atomic mass is 9.85. The van der Waals surface area contributed by atoms with Gasteiger partial charge < -0.3 is 9.51 Å². The van der Waals surface area contributed by atoms with E-state index in [1.165, 1.54) is 5.69 Å². The zero-order valence-electron chi connectivity index (χ0n) is 13.9. The van der Waals surface area contributed by atoms with E-state index in [4.69, 9.17) is 0 Å². The summed E-state index contributed by atoms with van der Waals surface area (Å²) < 4.78 is 2.16. The Labute approximate surface area is 141 Å². The maximum Gasteiger partial charge on any atom is 0.137 e. The maximum atomic E-state index is 10.9. The summed E-state index contributed by atoms with van der Waals surface area (Å²) in [6.07, 6.45) is 7.06. The summed E-state index contributed by atoms with van der Waals surface area (Å²) in [7, 11) is 0. The van der Waals surface area contributed by atoms with Crippen molar-refractivity contribution in [2.24, 2.45) is 0 Å². The number of rotatable bonds is 3.